The number of hydrogen-bond donors (Lipinski definition) is 0. The molecule has 0 fully saturated rings. The summed E-state index contributed by atoms with van der Waals surface area (Å²) in [6, 6.07) is 10.4. The lowest BCUT2D eigenvalue weighted by molar-refractivity contribution is -0.384. The normalized spacial score (nSPS) is 10.5. The van der Waals surface area contributed by atoms with Crippen molar-refractivity contribution in [2.45, 2.75) is 6.92 Å². The molecule has 2 aromatic rings. The van der Waals surface area contributed by atoms with E-state index in [0.717, 1.165) is 5.56 Å². The van der Waals surface area contributed by atoms with Gasteiger partial charge in [0.05, 0.1) is 17.6 Å². The number of non-ortho nitro benzene ring substituents is 1. The molecule has 0 amide bonds. The third-order valence-electron chi connectivity index (χ3n) is 3.06. The third-order valence-corrected chi connectivity index (χ3v) is 3.06. The van der Waals surface area contributed by atoms with E-state index in [-0.39, 0.29) is 17.0 Å². The smallest absolute Gasteiger partial charge is 0.343 e. The van der Waals surface area contributed by atoms with Gasteiger partial charge in [0.15, 0.2) is 11.5 Å². The Kier molecular flexibility index (Phi) is 5.09. The molecule has 0 aliphatic rings. The van der Waals surface area contributed by atoms with E-state index in [0.29, 0.717) is 5.75 Å². The monoisotopic (exact) mass is 313 g/mol. The second-order valence-corrected chi connectivity index (χ2v) is 4.60. The minimum atomic E-state index is -0.614. The van der Waals surface area contributed by atoms with E-state index in [1.807, 2.05) is 19.1 Å². The van der Waals surface area contributed by atoms with Crippen molar-refractivity contribution < 1.29 is 19.2 Å². The predicted octanol–water partition coefficient (Wildman–Crippen LogP) is 3.86. The van der Waals surface area contributed by atoms with Crippen molar-refractivity contribution in [2.24, 2.45) is 0 Å². The van der Waals surface area contributed by atoms with Crippen LogP contribution in [0.2, 0.25) is 0 Å². The lowest BCUT2D eigenvalue weighted by Gasteiger charge is -2.10. The molecule has 23 heavy (non-hydrogen) atoms. The molecule has 0 saturated heterocycles. The zero-order valence-corrected chi connectivity index (χ0v) is 12.7. The van der Waals surface area contributed by atoms with Crippen LogP contribution in [0.3, 0.4) is 0 Å². The van der Waals surface area contributed by atoms with Gasteiger partial charge in [-0.05, 0) is 36.8 Å². The summed E-state index contributed by atoms with van der Waals surface area (Å²) >= 11 is 0. The maximum atomic E-state index is 12.1. The van der Waals surface area contributed by atoms with Crippen LogP contribution >= 0.6 is 0 Å². The van der Waals surface area contributed by atoms with E-state index in [9.17, 15) is 14.9 Å². The van der Waals surface area contributed by atoms with E-state index < -0.39 is 10.9 Å². The third kappa shape index (κ3) is 3.94. The molecule has 0 heterocycles. The van der Waals surface area contributed by atoms with Gasteiger partial charge in [-0.3, -0.25) is 10.1 Å². The molecule has 118 valence electrons. The molecule has 0 unspecified atom stereocenters. The molecule has 6 heteroatoms. The molecule has 0 bridgehead atoms. The van der Waals surface area contributed by atoms with Crippen molar-refractivity contribution in [2.75, 3.05) is 7.11 Å². The van der Waals surface area contributed by atoms with Crippen LogP contribution in [0, 0.1) is 10.1 Å². The number of allylic oxidation sites excluding steroid dienone is 1. The largest absolute Gasteiger partial charge is 0.493 e. The molecular weight excluding hydrogens is 298 g/mol. The maximum absolute atomic E-state index is 12.1. The maximum Gasteiger partial charge on any atom is 0.343 e. The Balaban J connectivity index is 2.20. The first-order valence-electron chi connectivity index (χ1n) is 6.82. The number of benzene rings is 2. The van der Waals surface area contributed by atoms with Crippen LogP contribution in [-0.4, -0.2) is 18.0 Å². The summed E-state index contributed by atoms with van der Waals surface area (Å²) in [6.45, 7) is 1.90. The summed E-state index contributed by atoms with van der Waals surface area (Å²) in [6.07, 6.45) is 3.78. The summed E-state index contributed by atoms with van der Waals surface area (Å²) in [7, 11) is 1.48. The van der Waals surface area contributed by atoms with Crippen LogP contribution in [0.15, 0.2) is 48.5 Å². The van der Waals surface area contributed by atoms with Gasteiger partial charge in [-0.15, -0.1) is 0 Å². The topological polar surface area (TPSA) is 78.7 Å². The highest BCUT2D eigenvalue weighted by molar-refractivity contribution is 5.91. The van der Waals surface area contributed by atoms with Gasteiger partial charge in [0, 0.05) is 12.1 Å². The first-order chi connectivity index (χ1) is 11.0. The fourth-order valence-electron chi connectivity index (χ4n) is 1.94. The molecule has 0 radical (unpaired) electrons. The van der Waals surface area contributed by atoms with Gasteiger partial charge in [-0.2, -0.15) is 0 Å². The molecule has 0 spiro atoms. The summed E-state index contributed by atoms with van der Waals surface area (Å²) in [4.78, 5) is 22.2. The second kappa shape index (κ2) is 7.22. The van der Waals surface area contributed by atoms with Gasteiger partial charge in [0.2, 0.25) is 0 Å². The highest BCUT2D eigenvalue weighted by Crippen LogP contribution is 2.29. The Hall–Kier alpha value is -3.15. The molecule has 0 saturated carbocycles. The molecule has 6 nitrogen and oxygen atoms in total. The van der Waals surface area contributed by atoms with Crippen LogP contribution < -0.4 is 9.47 Å². The van der Waals surface area contributed by atoms with Crippen molar-refractivity contribution in [1.29, 1.82) is 0 Å². The van der Waals surface area contributed by atoms with Gasteiger partial charge in [0.1, 0.15) is 0 Å². The average molecular weight is 313 g/mol. The first-order valence-corrected chi connectivity index (χ1v) is 6.82. The van der Waals surface area contributed by atoms with Gasteiger partial charge < -0.3 is 9.47 Å². The minimum absolute atomic E-state index is 0.0881. The Morgan fingerprint density at radius 1 is 1.13 bits per heavy atom. The van der Waals surface area contributed by atoms with E-state index in [1.54, 1.807) is 18.2 Å². The van der Waals surface area contributed by atoms with Crippen molar-refractivity contribution in [1.82, 2.24) is 0 Å². The average Bonchev–Trinajstić information content (AvgIpc) is 2.56. The highest BCUT2D eigenvalue weighted by Gasteiger charge is 2.14. The Morgan fingerprint density at radius 3 is 2.39 bits per heavy atom. The van der Waals surface area contributed by atoms with Crippen molar-refractivity contribution in [3.8, 4) is 11.5 Å². The number of methoxy groups -OCH3 is 1. The number of nitro groups is 1. The summed E-state index contributed by atoms with van der Waals surface area (Å²) in [5.41, 5.74) is 1.05. The summed E-state index contributed by atoms with van der Waals surface area (Å²) < 4.78 is 10.5. The minimum Gasteiger partial charge on any atom is -0.493 e. The zero-order chi connectivity index (χ0) is 16.8. The fraction of sp³-hybridized carbons (Fsp3) is 0.118. The highest BCUT2D eigenvalue weighted by atomic mass is 16.6. The predicted molar refractivity (Wildman–Crippen MR) is 85.8 cm³/mol. The number of esters is 1. The second-order valence-electron chi connectivity index (χ2n) is 4.60. The lowest BCUT2D eigenvalue weighted by atomic mass is 10.2. The lowest BCUT2D eigenvalue weighted by Crippen LogP contribution is -2.09. The van der Waals surface area contributed by atoms with Crippen molar-refractivity contribution in [3.05, 3.63) is 69.8 Å². The molecular formula is C17H15NO5. The van der Waals surface area contributed by atoms with E-state index in [4.69, 9.17) is 9.47 Å². The quantitative estimate of drug-likeness (QED) is 0.362. The molecule has 0 N–H and O–H groups in total. The SMILES string of the molecule is C/C=C\c1ccc(OC(=O)c2ccc([N+](=O)[O-])cc2)c(OC)c1. The molecule has 0 atom stereocenters. The molecule has 0 aromatic heterocycles. The number of nitro benzene ring substituents is 1. The Labute approximate surface area is 133 Å². The molecule has 0 aliphatic carbocycles. The van der Waals surface area contributed by atoms with Crippen LogP contribution in [0.5, 0.6) is 11.5 Å². The Morgan fingerprint density at radius 2 is 1.83 bits per heavy atom. The molecule has 2 rings (SSSR count). The van der Waals surface area contributed by atoms with Crippen LogP contribution in [-0.2, 0) is 0 Å². The fourth-order valence-corrected chi connectivity index (χ4v) is 1.94. The van der Waals surface area contributed by atoms with E-state index in [1.165, 1.54) is 31.4 Å². The number of rotatable bonds is 5. The first kappa shape index (κ1) is 16.2. The summed E-state index contributed by atoms with van der Waals surface area (Å²) in [5, 5.41) is 10.6. The van der Waals surface area contributed by atoms with E-state index in [2.05, 4.69) is 0 Å². The molecule has 0 aliphatic heterocycles. The molecule has 2 aromatic carbocycles. The van der Waals surface area contributed by atoms with Crippen molar-refractivity contribution in [3.63, 3.8) is 0 Å². The van der Waals surface area contributed by atoms with Crippen LogP contribution in [0.4, 0.5) is 5.69 Å². The van der Waals surface area contributed by atoms with Gasteiger partial charge >= 0.3 is 5.97 Å². The zero-order valence-electron chi connectivity index (χ0n) is 12.7. The van der Waals surface area contributed by atoms with Gasteiger partial charge in [0.25, 0.3) is 5.69 Å². The van der Waals surface area contributed by atoms with Gasteiger partial charge in [-0.1, -0.05) is 18.2 Å². The number of carbonyl (C=O) groups excluding carboxylic acids is 1. The number of hydrogen-bond acceptors (Lipinski definition) is 5. The van der Waals surface area contributed by atoms with E-state index >= 15 is 0 Å². The van der Waals surface area contributed by atoms with Crippen LogP contribution in [0.1, 0.15) is 22.8 Å². The standard InChI is InChI=1S/C17H15NO5/c1-3-4-12-5-10-15(16(11-12)22-2)23-17(19)13-6-8-14(9-7-13)18(20)21/h3-11H,1-2H3/b4-3-. The summed E-state index contributed by atoms with van der Waals surface area (Å²) in [5.74, 6) is 0.0944. The Bertz CT molecular complexity index is 750. The number of nitrogens with zero attached hydrogens (tertiary/aromatic N) is 1. The van der Waals surface area contributed by atoms with Crippen molar-refractivity contribution >= 4 is 17.7 Å². The number of carbonyl (C=O) groups is 1. The number of ether oxygens (including phenoxy) is 2. The van der Waals surface area contributed by atoms with Gasteiger partial charge in [-0.25, -0.2) is 4.79 Å². The van der Waals surface area contributed by atoms with Crippen LogP contribution in [0.25, 0.3) is 6.08 Å².